The number of amides is 2. The molecule has 0 aliphatic heterocycles. The summed E-state index contributed by atoms with van der Waals surface area (Å²) in [5, 5.41) is 11.4. The van der Waals surface area contributed by atoms with Gasteiger partial charge >= 0.3 is 12.0 Å². The van der Waals surface area contributed by atoms with Gasteiger partial charge in [0.2, 0.25) is 0 Å². The molecular weight excluding hydrogens is 264 g/mol. The standard InChI is InChI=1S/C13H20N2O3S/c1-9(8-11-5-4-10(2)19-11)14-13(18)15(3)7-6-12(16)17/h4-5,9H,6-8H2,1-3H3,(H,14,18)(H,16,17). The van der Waals surface area contributed by atoms with Gasteiger partial charge in [-0.1, -0.05) is 0 Å². The molecular formula is C13H20N2O3S. The predicted molar refractivity (Wildman–Crippen MR) is 75.6 cm³/mol. The van der Waals surface area contributed by atoms with E-state index in [9.17, 15) is 9.59 Å². The normalized spacial score (nSPS) is 11.9. The van der Waals surface area contributed by atoms with Gasteiger partial charge in [0.25, 0.3) is 0 Å². The van der Waals surface area contributed by atoms with Crippen LogP contribution in [0.1, 0.15) is 23.1 Å². The third-order valence-electron chi connectivity index (χ3n) is 2.68. The van der Waals surface area contributed by atoms with Gasteiger partial charge in [-0.15, -0.1) is 11.3 Å². The molecule has 0 fully saturated rings. The lowest BCUT2D eigenvalue weighted by atomic mass is 10.2. The number of hydrogen-bond donors (Lipinski definition) is 2. The summed E-state index contributed by atoms with van der Waals surface area (Å²) in [6.07, 6.45) is 0.749. The Morgan fingerprint density at radius 1 is 1.47 bits per heavy atom. The summed E-state index contributed by atoms with van der Waals surface area (Å²) < 4.78 is 0. The lowest BCUT2D eigenvalue weighted by Gasteiger charge is -2.20. The number of rotatable bonds is 6. The number of aryl methyl sites for hydroxylation is 1. The van der Waals surface area contributed by atoms with Crippen molar-refractivity contribution in [1.82, 2.24) is 10.2 Å². The van der Waals surface area contributed by atoms with Gasteiger partial charge in [-0.3, -0.25) is 4.79 Å². The Hall–Kier alpha value is -1.56. The average molecular weight is 284 g/mol. The zero-order valence-electron chi connectivity index (χ0n) is 11.5. The van der Waals surface area contributed by atoms with Gasteiger partial charge in [-0.25, -0.2) is 4.79 Å². The second kappa shape index (κ2) is 7.13. The Morgan fingerprint density at radius 2 is 2.16 bits per heavy atom. The van der Waals surface area contributed by atoms with Crippen molar-refractivity contribution >= 4 is 23.3 Å². The molecule has 0 aliphatic rings. The Bertz CT molecular complexity index is 445. The summed E-state index contributed by atoms with van der Waals surface area (Å²) in [5.41, 5.74) is 0. The lowest BCUT2D eigenvalue weighted by Crippen LogP contribution is -2.43. The summed E-state index contributed by atoms with van der Waals surface area (Å²) in [7, 11) is 1.60. The fourth-order valence-corrected chi connectivity index (χ4v) is 2.65. The average Bonchev–Trinajstić information content (AvgIpc) is 2.71. The molecule has 5 nitrogen and oxygen atoms in total. The maximum atomic E-state index is 11.8. The van der Waals surface area contributed by atoms with E-state index in [-0.39, 0.29) is 25.0 Å². The summed E-state index contributed by atoms with van der Waals surface area (Å²) in [4.78, 5) is 26.1. The third-order valence-corrected chi connectivity index (χ3v) is 3.70. The number of nitrogens with zero attached hydrogens (tertiary/aromatic N) is 1. The zero-order valence-corrected chi connectivity index (χ0v) is 12.3. The van der Waals surface area contributed by atoms with Crippen molar-refractivity contribution < 1.29 is 14.7 Å². The van der Waals surface area contributed by atoms with E-state index in [4.69, 9.17) is 5.11 Å². The number of urea groups is 1. The van der Waals surface area contributed by atoms with E-state index < -0.39 is 5.97 Å². The van der Waals surface area contributed by atoms with Crippen LogP contribution in [0.25, 0.3) is 0 Å². The molecule has 0 spiro atoms. The number of hydrogen-bond acceptors (Lipinski definition) is 3. The summed E-state index contributed by atoms with van der Waals surface area (Å²) in [6, 6.07) is 3.92. The SMILES string of the molecule is Cc1ccc(CC(C)NC(=O)N(C)CCC(=O)O)s1. The van der Waals surface area contributed by atoms with Gasteiger partial charge in [-0.2, -0.15) is 0 Å². The molecule has 0 radical (unpaired) electrons. The molecule has 2 amide bonds. The Balaban J connectivity index is 2.36. The van der Waals surface area contributed by atoms with Crippen LogP contribution in [0.15, 0.2) is 12.1 Å². The molecule has 1 aromatic rings. The minimum atomic E-state index is -0.901. The number of carbonyl (C=O) groups is 2. The number of thiophene rings is 1. The summed E-state index contributed by atoms with van der Waals surface area (Å²) in [6.45, 7) is 4.21. The molecule has 1 aromatic heterocycles. The fourth-order valence-electron chi connectivity index (χ4n) is 1.63. The van der Waals surface area contributed by atoms with Gasteiger partial charge in [-0.05, 0) is 26.0 Å². The number of nitrogens with one attached hydrogen (secondary N) is 1. The zero-order chi connectivity index (χ0) is 14.4. The van der Waals surface area contributed by atoms with Crippen LogP contribution in [-0.2, 0) is 11.2 Å². The summed E-state index contributed by atoms with van der Waals surface area (Å²) >= 11 is 1.72. The van der Waals surface area contributed by atoms with E-state index >= 15 is 0 Å². The van der Waals surface area contributed by atoms with Gasteiger partial charge in [0, 0.05) is 35.8 Å². The molecule has 1 rings (SSSR count). The van der Waals surface area contributed by atoms with Gasteiger partial charge in [0.05, 0.1) is 6.42 Å². The van der Waals surface area contributed by atoms with Gasteiger partial charge < -0.3 is 15.3 Å². The van der Waals surface area contributed by atoms with Crippen molar-refractivity contribution in [1.29, 1.82) is 0 Å². The predicted octanol–water partition coefficient (Wildman–Crippen LogP) is 2.10. The Kier molecular flexibility index (Phi) is 5.82. The molecule has 0 saturated carbocycles. The van der Waals surface area contributed by atoms with Crippen molar-refractivity contribution in [2.75, 3.05) is 13.6 Å². The van der Waals surface area contributed by atoms with Crippen molar-refractivity contribution in [2.45, 2.75) is 32.7 Å². The van der Waals surface area contributed by atoms with Crippen molar-refractivity contribution in [3.05, 3.63) is 21.9 Å². The van der Waals surface area contributed by atoms with Crippen LogP contribution in [0, 0.1) is 6.92 Å². The monoisotopic (exact) mass is 284 g/mol. The largest absolute Gasteiger partial charge is 0.481 e. The number of aliphatic carboxylic acids is 1. The third kappa shape index (κ3) is 5.74. The molecule has 1 heterocycles. The number of carbonyl (C=O) groups excluding carboxylic acids is 1. The van der Waals surface area contributed by atoms with E-state index in [1.807, 2.05) is 6.92 Å². The molecule has 1 atom stereocenters. The van der Waals surface area contributed by atoms with E-state index in [0.717, 1.165) is 6.42 Å². The van der Waals surface area contributed by atoms with Crippen molar-refractivity contribution in [3.8, 4) is 0 Å². The van der Waals surface area contributed by atoms with Crippen LogP contribution in [0.4, 0.5) is 4.79 Å². The maximum Gasteiger partial charge on any atom is 0.317 e. The van der Waals surface area contributed by atoms with Crippen LogP contribution >= 0.6 is 11.3 Å². The smallest absolute Gasteiger partial charge is 0.317 e. The first kappa shape index (κ1) is 15.5. The molecule has 0 aliphatic carbocycles. The number of carboxylic acid groups (broad SMARTS) is 1. The van der Waals surface area contributed by atoms with Crippen molar-refractivity contribution in [3.63, 3.8) is 0 Å². The molecule has 19 heavy (non-hydrogen) atoms. The molecule has 6 heteroatoms. The summed E-state index contributed by atoms with van der Waals surface area (Å²) in [5.74, 6) is -0.901. The topological polar surface area (TPSA) is 69.6 Å². The lowest BCUT2D eigenvalue weighted by molar-refractivity contribution is -0.137. The number of carboxylic acids is 1. The Morgan fingerprint density at radius 3 is 2.68 bits per heavy atom. The first-order valence-corrected chi connectivity index (χ1v) is 6.99. The molecule has 2 N–H and O–H groups in total. The van der Waals surface area contributed by atoms with E-state index in [2.05, 4.69) is 24.4 Å². The fraction of sp³-hybridized carbons (Fsp3) is 0.538. The quantitative estimate of drug-likeness (QED) is 0.840. The minimum Gasteiger partial charge on any atom is -0.481 e. The van der Waals surface area contributed by atoms with Crippen molar-refractivity contribution in [2.24, 2.45) is 0 Å². The highest BCUT2D eigenvalue weighted by Gasteiger charge is 2.13. The van der Waals surface area contributed by atoms with Crippen LogP contribution in [0.3, 0.4) is 0 Å². The molecule has 1 unspecified atom stereocenters. The van der Waals surface area contributed by atoms with Crippen LogP contribution in [-0.4, -0.2) is 41.6 Å². The van der Waals surface area contributed by atoms with E-state index in [0.29, 0.717) is 0 Å². The first-order valence-electron chi connectivity index (χ1n) is 6.17. The molecule has 0 aromatic carbocycles. The van der Waals surface area contributed by atoms with Gasteiger partial charge in [0.15, 0.2) is 0 Å². The molecule has 106 valence electrons. The highest BCUT2D eigenvalue weighted by atomic mass is 32.1. The van der Waals surface area contributed by atoms with E-state index in [1.54, 1.807) is 18.4 Å². The second-order valence-corrected chi connectivity index (χ2v) is 6.00. The first-order chi connectivity index (χ1) is 8.88. The maximum absolute atomic E-state index is 11.8. The van der Waals surface area contributed by atoms with Crippen LogP contribution in [0.5, 0.6) is 0 Å². The van der Waals surface area contributed by atoms with Crippen LogP contribution in [0.2, 0.25) is 0 Å². The minimum absolute atomic E-state index is 0.0258. The van der Waals surface area contributed by atoms with Crippen LogP contribution < -0.4 is 5.32 Å². The van der Waals surface area contributed by atoms with Gasteiger partial charge in [0.1, 0.15) is 0 Å². The highest BCUT2D eigenvalue weighted by molar-refractivity contribution is 7.11. The highest BCUT2D eigenvalue weighted by Crippen LogP contribution is 2.16. The molecule has 0 bridgehead atoms. The molecule has 0 saturated heterocycles. The van der Waals surface area contributed by atoms with E-state index in [1.165, 1.54) is 14.7 Å². The Labute approximate surface area is 117 Å². The second-order valence-electron chi connectivity index (χ2n) is 4.63.